The molecule has 7 nitrogen and oxygen atoms in total. The number of hydrogen-bond donors (Lipinski definition) is 1. The minimum atomic E-state index is -3.87. The molecule has 40 heavy (non-hydrogen) atoms. The van der Waals surface area contributed by atoms with E-state index in [0.717, 1.165) is 27.3 Å². The fraction of sp³-hybridized carbons (Fsp3) is 0.355. The summed E-state index contributed by atoms with van der Waals surface area (Å²) in [6, 6.07) is 21.2. The lowest BCUT2D eigenvalue weighted by Gasteiger charge is -2.35. The van der Waals surface area contributed by atoms with E-state index in [-0.39, 0.29) is 18.9 Å². The number of hydrogen-bond acceptors (Lipinski definition) is 4. The zero-order chi connectivity index (χ0) is 29.7. The Morgan fingerprint density at radius 3 is 2.12 bits per heavy atom. The first-order chi connectivity index (χ1) is 18.6. The largest absolute Gasteiger partial charge is 0.350 e. The van der Waals surface area contributed by atoms with Crippen molar-refractivity contribution in [3.8, 4) is 0 Å². The molecule has 9 heteroatoms. The van der Waals surface area contributed by atoms with Crippen LogP contribution >= 0.6 is 11.6 Å². The third-order valence-electron chi connectivity index (χ3n) is 6.36. The lowest BCUT2D eigenvalue weighted by atomic mass is 10.0. The molecule has 0 aliphatic carbocycles. The van der Waals surface area contributed by atoms with Crippen LogP contribution in [-0.2, 0) is 32.6 Å². The van der Waals surface area contributed by atoms with Crippen molar-refractivity contribution >= 4 is 39.1 Å². The molecule has 0 fully saturated rings. The van der Waals surface area contributed by atoms with Crippen molar-refractivity contribution in [3.63, 3.8) is 0 Å². The minimum absolute atomic E-state index is 0.125. The molecular weight excluding hydrogens is 546 g/mol. The van der Waals surface area contributed by atoms with Gasteiger partial charge in [-0.15, -0.1) is 0 Å². The van der Waals surface area contributed by atoms with Crippen LogP contribution in [0, 0.1) is 13.8 Å². The highest BCUT2D eigenvalue weighted by atomic mass is 35.5. The molecule has 0 aliphatic heterocycles. The van der Waals surface area contributed by atoms with E-state index in [1.165, 1.54) is 11.0 Å². The lowest BCUT2D eigenvalue weighted by Crippen LogP contribution is -2.56. The van der Waals surface area contributed by atoms with Crippen molar-refractivity contribution in [2.24, 2.45) is 0 Å². The fourth-order valence-electron chi connectivity index (χ4n) is 4.34. The summed E-state index contributed by atoms with van der Waals surface area (Å²) >= 11 is 6.20. The topological polar surface area (TPSA) is 86.8 Å². The third kappa shape index (κ3) is 8.83. The van der Waals surface area contributed by atoms with Gasteiger partial charge in [-0.1, -0.05) is 77.8 Å². The summed E-state index contributed by atoms with van der Waals surface area (Å²) in [7, 11) is -3.87. The van der Waals surface area contributed by atoms with E-state index in [4.69, 9.17) is 11.6 Å². The maximum atomic E-state index is 14.1. The number of nitrogens with zero attached hydrogens (tertiary/aromatic N) is 2. The number of halogens is 1. The van der Waals surface area contributed by atoms with Gasteiger partial charge in [0, 0.05) is 23.5 Å². The second-order valence-corrected chi connectivity index (χ2v) is 13.5. The molecule has 1 atom stereocenters. The molecule has 0 radical (unpaired) electrons. The Morgan fingerprint density at radius 2 is 1.55 bits per heavy atom. The quantitative estimate of drug-likeness (QED) is 0.352. The molecule has 3 rings (SSSR count). The molecule has 214 valence electrons. The molecule has 0 spiro atoms. The molecule has 0 aromatic heterocycles. The highest BCUT2D eigenvalue weighted by Crippen LogP contribution is 2.27. The van der Waals surface area contributed by atoms with Crippen molar-refractivity contribution in [2.45, 2.75) is 59.2 Å². The molecule has 0 unspecified atom stereocenters. The summed E-state index contributed by atoms with van der Waals surface area (Å²) in [6.07, 6.45) is 1.31. The van der Waals surface area contributed by atoms with Crippen molar-refractivity contribution in [1.82, 2.24) is 10.2 Å². The van der Waals surface area contributed by atoms with Gasteiger partial charge < -0.3 is 10.2 Å². The highest BCUT2D eigenvalue weighted by molar-refractivity contribution is 7.92. The molecular formula is C31H38ClN3O4S. The maximum absolute atomic E-state index is 14.1. The first-order valence-electron chi connectivity index (χ1n) is 13.1. The molecule has 0 saturated heterocycles. The van der Waals surface area contributed by atoms with Crippen LogP contribution in [0.25, 0.3) is 0 Å². The molecule has 0 heterocycles. The van der Waals surface area contributed by atoms with Gasteiger partial charge in [0.2, 0.25) is 21.8 Å². The number of sulfonamides is 1. The first-order valence-corrected chi connectivity index (χ1v) is 15.3. The molecule has 3 aromatic rings. The Kier molecular flexibility index (Phi) is 10.0. The van der Waals surface area contributed by atoms with E-state index in [9.17, 15) is 18.0 Å². The number of anilines is 1. The average molecular weight is 584 g/mol. The smallest absolute Gasteiger partial charge is 0.244 e. The number of carbonyl (C=O) groups excluding carboxylic acids is 2. The van der Waals surface area contributed by atoms with Crippen molar-refractivity contribution < 1.29 is 18.0 Å². The van der Waals surface area contributed by atoms with Gasteiger partial charge in [0.05, 0.1) is 11.9 Å². The van der Waals surface area contributed by atoms with Crippen LogP contribution in [0.5, 0.6) is 0 Å². The van der Waals surface area contributed by atoms with Gasteiger partial charge >= 0.3 is 0 Å². The van der Waals surface area contributed by atoms with E-state index >= 15 is 0 Å². The van der Waals surface area contributed by atoms with E-state index < -0.39 is 34.1 Å². The summed E-state index contributed by atoms with van der Waals surface area (Å²) in [5.41, 5.74) is 3.19. The number of aryl methyl sites for hydroxylation is 2. The van der Waals surface area contributed by atoms with Crippen molar-refractivity contribution in [1.29, 1.82) is 0 Å². The monoisotopic (exact) mass is 583 g/mol. The van der Waals surface area contributed by atoms with Crippen LogP contribution in [0.3, 0.4) is 0 Å². The van der Waals surface area contributed by atoms with Crippen LogP contribution in [0.1, 0.15) is 43.0 Å². The standard InChI is InChI=1S/C31H38ClN3O4S/c1-22-12-15-25(16-13-22)20-34(28(30(37)33-31(3,4)5)18-24-10-8-7-9-11-24)29(36)21-35(40(6,38)39)27-19-26(32)17-14-23(27)2/h7-17,19,28H,18,20-21H2,1-6H3,(H,33,37)/t28-/m1/s1. The molecule has 0 saturated carbocycles. The summed E-state index contributed by atoms with van der Waals surface area (Å²) < 4.78 is 27.0. The predicted octanol–water partition coefficient (Wildman–Crippen LogP) is 5.28. The van der Waals surface area contributed by atoms with Gasteiger partial charge in [0.25, 0.3) is 0 Å². The van der Waals surface area contributed by atoms with Gasteiger partial charge in [0.1, 0.15) is 12.6 Å². The third-order valence-corrected chi connectivity index (χ3v) is 7.72. The predicted molar refractivity (Wildman–Crippen MR) is 162 cm³/mol. The van der Waals surface area contributed by atoms with Crippen LogP contribution in [0.4, 0.5) is 5.69 Å². The number of carbonyl (C=O) groups is 2. The second kappa shape index (κ2) is 12.9. The maximum Gasteiger partial charge on any atom is 0.244 e. The van der Waals surface area contributed by atoms with Gasteiger partial charge in [-0.3, -0.25) is 13.9 Å². The minimum Gasteiger partial charge on any atom is -0.350 e. The number of nitrogens with one attached hydrogen (secondary N) is 1. The van der Waals surface area contributed by atoms with Gasteiger partial charge in [-0.2, -0.15) is 0 Å². The van der Waals surface area contributed by atoms with Gasteiger partial charge in [-0.25, -0.2) is 8.42 Å². The molecule has 0 aliphatic rings. The molecule has 0 bridgehead atoms. The van der Waals surface area contributed by atoms with Crippen molar-refractivity contribution in [3.05, 3.63) is 100 Å². The Labute approximate surface area is 243 Å². The van der Waals surface area contributed by atoms with Gasteiger partial charge in [-0.05, 0) is 63.4 Å². The molecule has 3 aromatic carbocycles. The Hall–Kier alpha value is -3.36. The number of benzene rings is 3. The molecule has 2 amide bonds. The van der Waals surface area contributed by atoms with E-state index in [2.05, 4.69) is 5.32 Å². The van der Waals surface area contributed by atoms with E-state index in [1.54, 1.807) is 19.1 Å². The van der Waals surface area contributed by atoms with E-state index in [1.807, 2.05) is 82.3 Å². The normalized spacial score (nSPS) is 12.5. The Bertz CT molecular complexity index is 1440. The molecule has 1 N–H and O–H groups in total. The first kappa shape index (κ1) is 31.2. The fourth-order valence-corrected chi connectivity index (χ4v) is 5.41. The van der Waals surface area contributed by atoms with E-state index in [0.29, 0.717) is 16.3 Å². The second-order valence-electron chi connectivity index (χ2n) is 11.2. The Balaban J connectivity index is 2.09. The Morgan fingerprint density at radius 1 is 0.925 bits per heavy atom. The SMILES string of the molecule is Cc1ccc(CN(C(=O)CN(c2cc(Cl)ccc2C)S(C)(=O)=O)[C@H](Cc2ccccc2)C(=O)NC(C)(C)C)cc1. The zero-order valence-electron chi connectivity index (χ0n) is 23.9. The summed E-state index contributed by atoms with van der Waals surface area (Å²) in [6.45, 7) is 9.00. The van der Waals surface area contributed by atoms with Crippen molar-refractivity contribution in [2.75, 3.05) is 17.1 Å². The highest BCUT2D eigenvalue weighted by Gasteiger charge is 2.34. The van der Waals surface area contributed by atoms with Gasteiger partial charge in [0.15, 0.2) is 0 Å². The summed E-state index contributed by atoms with van der Waals surface area (Å²) in [5.74, 6) is -0.822. The van der Waals surface area contributed by atoms with Crippen LogP contribution in [-0.4, -0.2) is 49.5 Å². The zero-order valence-corrected chi connectivity index (χ0v) is 25.5. The average Bonchev–Trinajstić information content (AvgIpc) is 2.86. The summed E-state index contributed by atoms with van der Waals surface area (Å²) in [5, 5.41) is 3.37. The summed E-state index contributed by atoms with van der Waals surface area (Å²) in [4.78, 5) is 29.4. The lowest BCUT2D eigenvalue weighted by molar-refractivity contribution is -0.140. The van der Waals surface area contributed by atoms with Crippen LogP contribution in [0.2, 0.25) is 5.02 Å². The van der Waals surface area contributed by atoms with Crippen LogP contribution < -0.4 is 9.62 Å². The number of amides is 2. The number of rotatable bonds is 10. The van der Waals surface area contributed by atoms with Crippen LogP contribution in [0.15, 0.2) is 72.8 Å².